The maximum atomic E-state index is 4.43. The second-order valence-corrected chi connectivity index (χ2v) is 40.0. The van der Waals surface area contributed by atoms with Crippen molar-refractivity contribution in [1.82, 2.24) is 37.0 Å². The fraction of sp³-hybridized carbons (Fsp3) is 0.266. The summed E-state index contributed by atoms with van der Waals surface area (Å²) in [6, 6.07) is 106. The molecule has 0 aliphatic rings. The van der Waals surface area contributed by atoms with Crippen molar-refractivity contribution in [3.8, 4) is 103 Å². The number of hydrogen-bond acceptors (Lipinski definition) is 1. The molecule has 0 spiro atoms. The molecule has 15 nitrogen and oxygen atoms in total. The molecular formula is C128H150N15+7. The van der Waals surface area contributed by atoms with Gasteiger partial charge in [-0.05, 0) is 202 Å². The summed E-state index contributed by atoms with van der Waals surface area (Å²) in [5, 5.41) is 0. The van der Waals surface area contributed by atoms with E-state index in [-0.39, 0.29) is 0 Å². The van der Waals surface area contributed by atoms with Crippen LogP contribution in [0.4, 0.5) is 0 Å². The molecule has 143 heavy (non-hydrogen) atoms. The Morgan fingerprint density at radius 3 is 1.08 bits per heavy atom. The van der Waals surface area contributed by atoms with E-state index in [0.717, 1.165) is 17.3 Å². The van der Waals surface area contributed by atoms with Crippen LogP contribution >= 0.6 is 0 Å². The number of para-hydroxylation sites is 8. The van der Waals surface area contributed by atoms with Crippen LogP contribution in [0.2, 0.25) is 0 Å². The highest BCUT2D eigenvalue weighted by atomic mass is 15.2. The number of fused-ring (bicyclic) bond motifs is 2. The van der Waals surface area contributed by atoms with Crippen LogP contribution in [0.5, 0.6) is 0 Å². The number of aromatic nitrogens is 15. The molecule has 0 saturated heterocycles. The zero-order chi connectivity index (χ0) is 102. The summed E-state index contributed by atoms with van der Waals surface area (Å²) in [6.45, 7) is 40.3. The molecule has 0 aliphatic carbocycles. The number of pyridine rings is 3. The van der Waals surface area contributed by atoms with Crippen LogP contribution in [0.15, 0.2) is 365 Å². The van der Waals surface area contributed by atoms with Gasteiger partial charge < -0.3 is 13.7 Å². The lowest BCUT2D eigenvalue weighted by Crippen LogP contribution is -2.31. The molecule has 20 aromatic rings. The van der Waals surface area contributed by atoms with Gasteiger partial charge in [0.2, 0.25) is 22.9 Å². The Morgan fingerprint density at radius 1 is 0.259 bits per heavy atom. The van der Waals surface area contributed by atoms with Crippen LogP contribution < -0.4 is 32.0 Å². The van der Waals surface area contributed by atoms with Crippen molar-refractivity contribution in [2.45, 2.75) is 160 Å². The molecule has 10 aromatic heterocycles. The Balaban J connectivity index is 0.000000135. The van der Waals surface area contributed by atoms with Gasteiger partial charge in [-0.1, -0.05) is 253 Å². The number of imidazole rings is 5. The highest BCUT2D eigenvalue weighted by molar-refractivity contribution is 5.82. The van der Waals surface area contributed by atoms with E-state index in [1.807, 2.05) is 61.5 Å². The van der Waals surface area contributed by atoms with Crippen LogP contribution in [0, 0.1) is 41.5 Å². The molecule has 0 atom stereocenters. The van der Waals surface area contributed by atoms with Gasteiger partial charge in [0.05, 0.1) is 33.8 Å². The van der Waals surface area contributed by atoms with Crippen LogP contribution in [0.3, 0.4) is 0 Å². The minimum absolute atomic E-state index is 0.444. The third-order valence-corrected chi connectivity index (χ3v) is 27.4. The standard InChI is InChI=1S/C27H31N2.C25H30N3.C21H28N3.C14H15N4.2C14H16N.C13H14N/c1-18(2)21-14-11-15-22(19(3)4)26(21)29-25-17-10-9-16-24(25)28(6)27(29)23-13-8-7-12-20(23)5;1-17(2)19-11-9-12-20(18(3)4)24(19)28-22-14-8-7-13-21(22)27(6)25(28)23-15-10-16-26(23)5;1-15(2)17-9-7-10-18(16(3)4)20(17)24-14-13-23(6)21(24)19-11-8-12-22(19)5;1-16-9-8-15-13(16)14-17(2)10-11-18(14)12-6-4-3-5-7-12;1-11-8-9-15(3)14(10-11)13-7-5-4-6-12(13)2;1-11-8-9-14(15(3)10-11)13-7-5-4-6-12(13)2;1-11-7-3-4-8-12(11)13-9-5-6-10-14(13)2/h7-19H,1-6H3;7-18H,1-6H3;7-16H,1-6H3;3-11H,1-2H3;2*4-10H,1-3H3;3-10H,1-2H3/q7*+1. The van der Waals surface area contributed by atoms with Gasteiger partial charge in [-0.3, -0.25) is 0 Å². The number of nitrogens with zero attached hydrogens (tertiary/aromatic N) is 15. The molecule has 10 heterocycles. The SMILES string of the molecule is CC(C)c1cccc(C(C)C)c1-n1c(-c2cccn2C)[n+](C)c2ccccc21.CC(C)c1cccc(C(C)C)c1-n1cc[n+](C)c1-c1cccn1C.Cc1cc[n+](C)c(-c2ccccc2C)c1.Cc1ccc(-c2ccccc2C)[n+](C)c1.Cc1ccccc1-c1cccc[n+]1C.Cc1ccccc1-c1n(-c2c(C(C)C)cccc2C(C)C)c2ccccc2[n+]1C.Cn1ccnc1-c1n(-c2ccccc2)cc[n+]1C. The lowest BCUT2D eigenvalue weighted by molar-refractivity contribution is -0.660. The highest BCUT2D eigenvalue weighted by Gasteiger charge is 2.35. The normalized spacial score (nSPS) is 11.2. The van der Waals surface area contributed by atoms with E-state index in [1.165, 1.54) is 174 Å². The molecular weight excluding hydrogens is 1750 g/mol. The Morgan fingerprint density at radius 2 is 0.643 bits per heavy atom. The first-order valence-corrected chi connectivity index (χ1v) is 50.6. The van der Waals surface area contributed by atoms with Gasteiger partial charge in [0, 0.05) is 132 Å². The largest absolute Gasteiger partial charge is 0.344 e. The van der Waals surface area contributed by atoms with Crippen molar-refractivity contribution in [3.05, 3.63) is 432 Å². The molecule has 20 rings (SSSR count). The molecule has 0 fully saturated rings. The summed E-state index contributed by atoms with van der Waals surface area (Å²) in [6.07, 6.45) is 22.8. The average Bonchev–Trinajstić information content (AvgIpc) is 1.58. The van der Waals surface area contributed by atoms with Crippen molar-refractivity contribution in [3.63, 3.8) is 0 Å². The molecule has 730 valence electrons. The van der Waals surface area contributed by atoms with E-state index < -0.39 is 0 Å². The maximum absolute atomic E-state index is 4.43. The molecule has 0 N–H and O–H groups in total. The second-order valence-electron chi connectivity index (χ2n) is 40.0. The fourth-order valence-electron chi connectivity index (χ4n) is 19.6. The van der Waals surface area contributed by atoms with Gasteiger partial charge in [0.25, 0.3) is 5.82 Å². The smallest absolute Gasteiger partial charge is 0.330 e. The number of rotatable bonds is 17. The lowest BCUT2D eigenvalue weighted by atomic mass is 9.92. The Bertz CT molecular complexity index is 7630. The predicted octanol–water partition coefficient (Wildman–Crippen LogP) is 26.7. The van der Waals surface area contributed by atoms with Gasteiger partial charge in [0.15, 0.2) is 40.7 Å². The maximum Gasteiger partial charge on any atom is 0.330 e. The summed E-state index contributed by atoms with van der Waals surface area (Å²) in [4.78, 5) is 4.43. The zero-order valence-electron chi connectivity index (χ0n) is 89.8. The van der Waals surface area contributed by atoms with Crippen LogP contribution in [0.1, 0.15) is 185 Å². The van der Waals surface area contributed by atoms with Gasteiger partial charge >= 0.3 is 17.5 Å². The summed E-state index contributed by atoms with van der Waals surface area (Å²) >= 11 is 0. The quantitative estimate of drug-likeness (QED) is 0.0837. The minimum atomic E-state index is 0.444. The van der Waals surface area contributed by atoms with Crippen molar-refractivity contribution in [1.29, 1.82) is 0 Å². The molecule has 15 heteroatoms. The molecule has 0 bridgehead atoms. The van der Waals surface area contributed by atoms with Crippen molar-refractivity contribution in [2.24, 2.45) is 70.5 Å². The lowest BCUT2D eigenvalue weighted by Gasteiger charge is -2.18. The predicted molar refractivity (Wildman–Crippen MR) is 591 cm³/mol. The molecule has 0 aliphatic heterocycles. The Kier molecular flexibility index (Phi) is 33.7. The fourth-order valence-corrected chi connectivity index (χ4v) is 19.6. The topological polar surface area (TPSA) is 74.6 Å². The molecule has 10 aromatic carbocycles. The average molecular weight is 1900 g/mol. The molecule has 0 radical (unpaired) electrons. The van der Waals surface area contributed by atoms with Crippen LogP contribution in [-0.4, -0.2) is 37.0 Å². The summed E-state index contributed by atoms with van der Waals surface area (Å²) in [5.41, 5.74) is 37.7. The first-order chi connectivity index (χ1) is 68.7. The van der Waals surface area contributed by atoms with Crippen LogP contribution in [-0.2, 0) is 70.5 Å². The van der Waals surface area contributed by atoms with E-state index in [2.05, 4.69) is 568 Å². The van der Waals surface area contributed by atoms with E-state index in [4.69, 9.17) is 0 Å². The van der Waals surface area contributed by atoms with Crippen molar-refractivity contribution < 1.29 is 32.0 Å². The molecule has 0 saturated carbocycles. The van der Waals surface area contributed by atoms with Gasteiger partial charge in [-0.15, -0.1) is 0 Å². The third kappa shape index (κ3) is 22.9. The number of aryl methyl sites for hydroxylation is 16. The summed E-state index contributed by atoms with van der Waals surface area (Å²) < 4.78 is 31.3. The molecule has 0 unspecified atom stereocenters. The van der Waals surface area contributed by atoms with E-state index in [0.29, 0.717) is 35.5 Å². The Labute approximate surface area is 850 Å². The summed E-state index contributed by atoms with van der Waals surface area (Å²) in [7, 11) is 21.0. The number of benzene rings is 10. The van der Waals surface area contributed by atoms with Gasteiger partial charge in [-0.25, -0.2) is 37.0 Å². The zero-order valence-corrected chi connectivity index (χ0v) is 89.8. The van der Waals surface area contributed by atoms with E-state index in [1.54, 1.807) is 0 Å². The van der Waals surface area contributed by atoms with E-state index in [9.17, 15) is 0 Å². The number of hydrogen-bond donors (Lipinski definition) is 0. The van der Waals surface area contributed by atoms with Gasteiger partial charge in [0.1, 0.15) is 80.1 Å². The van der Waals surface area contributed by atoms with Crippen molar-refractivity contribution in [2.75, 3.05) is 0 Å². The Hall–Kier alpha value is -15.2. The summed E-state index contributed by atoms with van der Waals surface area (Å²) in [5.74, 6) is 8.41. The minimum Gasteiger partial charge on any atom is -0.344 e. The third-order valence-electron chi connectivity index (χ3n) is 27.4. The van der Waals surface area contributed by atoms with E-state index >= 15 is 0 Å². The van der Waals surface area contributed by atoms with Crippen LogP contribution in [0.25, 0.3) is 125 Å². The van der Waals surface area contributed by atoms with Gasteiger partial charge in [-0.2, -0.15) is 18.3 Å². The molecule has 0 amide bonds. The highest BCUT2D eigenvalue weighted by Crippen LogP contribution is 2.41. The second kappa shape index (κ2) is 46.5. The van der Waals surface area contributed by atoms with Crippen molar-refractivity contribution >= 4 is 22.1 Å². The monoisotopic (exact) mass is 1900 g/mol. The first-order valence-electron chi connectivity index (χ1n) is 50.6. The first kappa shape index (κ1) is 104.